The van der Waals surface area contributed by atoms with Crippen LogP contribution in [0.5, 0.6) is 0 Å². The van der Waals surface area contributed by atoms with Crippen LogP contribution in [0.2, 0.25) is 5.02 Å². The zero-order valence-corrected chi connectivity index (χ0v) is 11.2. The van der Waals surface area contributed by atoms with Crippen molar-refractivity contribution < 1.29 is 9.13 Å². The van der Waals surface area contributed by atoms with Crippen molar-refractivity contribution in [2.45, 2.75) is 19.4 Å². The second kappa shape index (κ2) is 6.94. The number of methoxy groups -OCH3 is 1. The Balaban J connectivity index is 2.82. The maximum Gasteiger partial charge on any atom is 0.123 e. The number of hydrogen-bond acceptors (Lipinski definition) is 2. The van der Waals surface area contributed by atoms with E-state index in [0.29, 0.717) is 17.5 Å². The molecule has 0 aliphatic carbocycles. The number of ether oxygens (including phenoxy) is 1. The molecule has 0 aromatic heterocycles. The lowest BCUT2D eigenvalue weighted by Crippen LogP contribution is -2.21. The molecule has 0 saturated carbocycles. The number of hydrogen-bond donors (Lipinski definition) is 1. The van der Waals surface area contributed by atoms with E-state index < -0.39 is 0 Å². The fourth-order valence-corrected chi connectivity index (χ4v) is 2.19. The van der Waals surface area contributed by atoms with E-state index in [-0.39, 0.29) is 11.9 Å². The van der Waals surface area contributed by atoms with Crippen LogP contribution in [0.25, 0.3) is 0 Å². The lowest BCUT2D eigenvalue weighted by molar-refractivity contribution is 0.150. The average molecular weight is 260 g/mol. The third-order valence-electron chi connectivity index (χ3n) is 2.77. The van der Waals surface area contributed by atoms with Crippen LogP contribution in [-0.4, -0.2) is 20.8 Å². The van der Waals surface area contributed by atoms with Gasteiger partial charge < -0.3 is 10.1 Å². The molecule has 0 bridgehead atoms. The Bertz CT molecular complexity index is 359. The van der Waals surface area contributed by atoms with Crippen molar-refractivity contribution in [3.8, 4) is 0 Å². The van der Waals surface area contributed by atoms with Crippen molar-refractivity contribution in [1.82, 2.24) is 5.32 Å². The van der Waals surface area contributed by atoms with Crippen LogP contribution < -0.4 is 5.32 Å². The molecule has 0 aliphatic heterocycles. The van der Waals surface area contributed by atoms with Crippen LogP contribution >= 0.6 is 11.6 Å². The summed E-state index contributed by atoms with van der Waals surface area (Å²) in [6.45, 7) is 2.78. The van der Waals surface area contributed by atoms with E-state index in [1.54, 1.807) is 13.2 Å². The first-order valence-electron chi connectivity index (χ1n) is 5.69. The second-order valence-corrected chi connectivity index (χ2v) is 4.71. The van der Waals surface area contributed by atoms with Crippen LogP contribution in [0.15, 0.2) is 18.2 Å². The van der Waals surface area contributed by atoms with Gasteiger partial charge in [0.2, 0.25) is 0 Å². The highest BCUT2D eigenvalue weighted by atomic mass is 35.5. The summed E-state index contributed by atoms with van der Waals surface area (Å²) in [6, 6.07) is 4.50. The molecule has 2 atom stereocenters. The maximum absolute atomic E-state index is 13.2. The Morgan fingerprint density at radius 3 is 2.76 bits per heavy atom. The number of nitrogens with one attached hydrogen (secondary N) is 1. The van der Waals surface area contributed by atoms with E-state index in [9.17, 15) is 4.39 Å². The first-order chi connectivity index (χ1) is 8.08. The van der Waals surface area contributed by atoms with E-state index in [1.165, 1.54) is 12.1 Å². The van der Waals surface area contributed by atoms with Gasteiger partial charge in [-0.25, -0.2) is 4.39 Å². The molecule has 1 aromatic carbocycles. The average Bonchev–Trinajstić information content (AvgIpc) is 2.30. The van der Waals surface area contributed by atoms with Gasteiger partial charge in [-0.05, 0) is 43.1 Å². The van der Waals surface area contributed by atoms with Gasteiger partial charge in [0, 0.05) is 24.8 Å². The van der Waals surface area contributed by atoms with Crippen molar-refractivity contribution >= 4 is 11.6 Å². The number of benzene rings is 1. The molecule has 1 N–H and O–H groups in total. The van der Waals surface area contributed by atoms with Crippen LogP contribution in [0.1, 0.15) is 24.9 Å². The van der Waals surface area contributed by atoms with Gasteiger partial charge in [-0.2, -0.15) is 0 Å². The van der Waals surface area contributed by atoms with Gasteiger partial charge >= 0.3 is 0 Å². The Morgan fingerprint density at radius 2 is 2.18 bits per heavy atom. The summed E-state index contributed by atoms with van der Waals surface area (Å²) in [4.78, 5) is 0. The predicted octanol–water partition coefficient (Wildman–Crippen LogP) is 3.41. The molecule has 17 heavy (non-hydrogen) atoms. The minimum atomic E-state index is -0.260. The minimum Gasteiger partial charge on any atom is -0.384 e. The molecule has 4 heteroatoms. The molecule has 2 nitrogen and oxygen atoms in total. The molecule has 0 heterocycles. The van der Waals surface area contributed by atoms with Crippen LogP contribution in [0, 0.1) is 11.7 Å². The van der Waals surface area contributed by atoms with Crippen molar-refractivity contribution in [3.63, 3.8) is 0 Å². The largest absolute Gasteiger partial charge is 0.384 e. The van der Waals surface area contributed by atoms with Gasteiger partial charge in [0.25, 0.3) is 0 Å². The third kappa shape index (κ3) is 4.26. The number of rotatable bonds is 6. The topological polar surface area (TPSA) is 21.3 Å². The van der Waals surface area contributed by atoms with E-state index in [1.807, 2.05) is 7.05 Å². The lowest BCUT2D eigenvalue weighted by atomic mass is 9.96. The summed E-state index contributed by atoms with van der Waals surface area (Å²) in [5, 5.41) is 3.76. The smallest absolute Gasteiger partial charge is 0.123 e. The van der Waals surface area contributed by atoms with E-state index >= 15 is 0 Å². The molecule has 1 aromatic rings. The summed E-state index contributed by atoms with van der Waals surface area (Å²) in [5.74, 6) is 0.126. The quantitative estimate of drug-likeness (QED) is 0.845. The van der Waals surface area contributed by atoms with Gasteiger partial charge in [0.15, 0.2) is 0 Å². The van der Waals surface area contributed by atoms with Crippen LogP contribution in [0.4, 0.5) is 4.39 Å². The van der Waals surface area contributed by atoms with Gasteiger partial charge in [-0.15, -0.1) is 0 Å². The summed E-state index contributed by atoms with van der Waals surface area (Å²) >= 11 is 6.09. The summed E-state index contributed by atoms with van der Waals surface area (Å²) < 4.78 is 18.3. The first-order valence-corrected chi connectivity index (χ1v) is 6.07. The maximum atomic E-state index is 13.2. The SMILES string of the molecule is CNC(CC(C)COC)c1cc(F)ccc1Cl. The highest BCUT2D eigenvalue weighted by molar-refractivity contribution is 6.31. The Morgan fingerprint density at radius 1 is 1.47 bits per heavy atom. The zero-order chi connectivity index (χ0) is 12.8. The molecule has 2 unspecified atom stereocenters. The molecule has 0 spiro atoms. The number of halogens is 2. The normalized spacial score (nSPS) is 14.6. The molecule has 0 radical (unpaired) electrons. The zero-order valence-electron chi connectivity index (χ0n) is 10.5. The van der Waals surface area contributed by atoms with Crippen molar-refractivity contribution in [1.29, 1.82) is 0 Å². The van der Waals surface area contributed by atoms with Crippen molar-refractivity contribution in [3.05, 3.63) is 34.6 Å². The second-order valence-electron chi connectivity index (χ2n) is 4.30. The van der Waals surface area contributed by atoms with E-state index in [0.717, 1.165) is 12.0 Å². The molecular weight excluding hydrogens is 241 g/mol. The fraction of sp³-hybridized carbons (Fsp3) is 0.538. The molecule has 0 amide bonds. The van der Waals surface area contributed by atoms with Crippen molar-refractivity contribution in [2.24, 2.45) is 5.92 Å². The predicted molar refractivity (Wildman–Crippen MR) is 68.9 cm³/mol. The Hall–Kier alpha value is -0.640. The summed E-state index contributed by atoms with van der Waals surface area (Å²) in [6.07, 6.45) is 0.855. The van der Waals surface area contributed by atoms with Crippen LogP contribution in [-0.2, 0) is 4.74 Å². The molecule has 1 rings (SSSR count). The highest BCUT2D eigenvalue weighted by Crippen LogP contribution is 2.28. The van der Waals surface area contributed by atoms with E-state index in [2.05, 4.69) is 12.2 Å². The standard InChI is InChI=1S/C13H19ClFNO/c1-9(8-17-3)6-13(16-2)11-7-10(15)4-5-12(11)14/h4-5,7,9,13,16H,6,8H2,1-3H3. The molecule has 96 valence electrons. The molecule has 0 saturated heterocycles. The Labute approximate surface area is 107 Å². The molecule has 0 fully saturated rings. The molecular formula is C13H19ClFNO. The minimum absolute atomic E-state index is 0.0448. The Kier molecular flexibility index (Phi) is 5.89. The third-order valence-corrected chi connectivity index (χ3v) is 3.12. The van der Waals surface area contributed by atoms with Gasteiger partial charge in [0.1, 0.15) is 5.82 Å². The summed E-state index contributed by atoms with van der Waals surface area (Å²) in [7, 11) is 3.53. The van der Waals surface area contributed by atoms with Gasteiger partial charge in [-0.3, -0.25) is 0 Å². The monoisotopic (exact) mass is 259 g/mol. The van der Waals surface area contributed by atoms with Crippen LogP contribution in [0.3, 0.4) is 0 Å². The fourth-order valence-electron chi connectivity index (χ4n) is 1.94. The van der Waals surface area contributed by atoms with Gasteiger partial charge in [0.05, 0.1) is 0 Å². The summed E-state index contributed by atoms with van der Waals surface area (Å²) in [5.41, 5.74) is 0.803. The molecule has 0 aliphatic rings. The lowest BCUT2D eigenvalue weighted by Gasteiger charge is -2.21. The van der Waals surface area contributed by atoms with Crippen molar-refractivity contribution in [2.75, 3.05) is 20.8 Å². The van der Waals surface area contributed by atoms with E-state index in [4.69, 9.17) is 16.3 Å². The van der Waals surface area contributed by atoms with Gasteiger partial charge in [-0.1, -0.05) is 18.5 Å². The highest BCUT2D eigenvalue weighted by Gasteiger charge is 2.16. The first kappa shape index (κ1) is 14.4.